The molecule has 0 amide bonds. The molecule has 0 spiro atoms. The van der Waals surface area contributed by atoms with Gasteiger partial charge in [-0.05, 0) is 6.07 Å². The summed E-state index contributed by atoms with van der Waals surface area (Å²) in [6.07, 6.45) is 2.67. The summed E-state index contributed by atoms with van der Waals surface area (Å²) in [4.78, 5) is 3.55. The van der Waals surface area contributed by atoms with Gasteiger partial charge >= 0.3 is 0 Å². The third-order valence-electron chi connectivity index (χ3n) is 0.584. The van der Waals surface area contributed by atoms with Gasteiger partial charge in [-0.25, -0.2) is 4.39 Å². The van der Waals surface area contributed by atoms with Gasteiger partial charge in [-0.2, -0.15) is 0 Å². The normalized spacial score (nSPS) is 8.71. The van der Waals surface area contributed by atoms with Gasteiger partial charge in [0.05, 0.1) is 0 Å². The molecule has 0 fully saturated rings. The minimum atomic E-state index is -0.366. The molecule has 0 saturated carbocycles. The number of pyridine rings is 1. The standard InChI is InChI=1S/C5H3FN/c6-5-1-3-7-4-2-5/h1,3-4H. The lowest BCUT2D eigenvalue weighted by Gasteiger charge is -1.77. The van der Waals surface area contributed by atoms with Crippen LogP contribution in [0.1, 0.15) is 0 Å². The zero-order valence-electron chi connectivity index (χ0n) is 3.56. The first-order valence-electron chi connectivity index (χ1n) is 1.87. The van der Waals surface area contributed by atoms with Gasteiger partial charge in [0.1, 0.15) is 5.82 Å². The van der Waals surface area contributed by atoms with Crippen molar-refractivity contribution in [3.63, 3.8) is 0 Å². The third kappa shape index (κ3) is 0.961. The van der Waals surface area contributed by atoms with Crippen molar-refractivity contribution in [3.8, 4) is 0 Å². The molecule has 2 heteroatoms. The highest BCUT2D eigenvalue weighted by Crippen LogP contribution is 1.87. The van der Waals surface area contributed by atoms with Crippen LogP contribution in [0.15, 0.2) is 18.5 Å². The molecule has 0 saturated heterocycles. The second kappa shape index (κ2) is 1.69. The van der Waals surface area contributed by atoms with Crippen LogP contribution in [-0.4, -0.2) is 4.98 Å². The van der Waals surface area contributed by atoms with Gasteiger partial charge < -0.3 is 0 Å². The number of hydrogen-bond donors (Lipinski definition) is 0. The van der Waals surface area contributed by atoms with Crippen LogP contribution in [0.5, 0.6) is 0 Å². The van der Waals surface area contributed by atoms with E-state index in [0.717, 1.165) is 0 Å². The molecule has 1 rings (SSSR count). The van der Waals surface area contributed by atoms with Crippen LogP contribution >= 0.6 is 0 Å². The average molecular weight is 96.1 g/mol. The van der Waals surface area contributed by atoms with Crippen LogP contribution in [0, 0.1) is 11.9 Å². The molecule has 1 nitrogen and oxygen atoms in total. The Morgan fingerprint density at radius 2 is 2.57 bits per heavy atom. The van der Waals surface area contributed by atoms with Crippen molar-refractivity contribution in [2.24, 2.45) is 0 Å². The molecule has 0 aliphatic carbocycles. The number of nitrogens with zero attached hydrogens (tertiary/aromatic N) is 1. The predicted molar refractivity (Wildman–Crippen MR) is 23.0 cm³/mol. The van der Waals surface area contributed by atoms with Crippen LogP contribution in [-0.2, 0) is 0 Å². The Balaban J connectivity index is 3.02. The molecule has 1 heterocycles. The van der Waals surface area contributed by atoms with E-state index in [9.17, 15) is 4.39 Å². The van der Waals surface area contributed by atoms with Crippen LogP contribution < -0.4 is 0 Å². The Labute approximate surface area is 40.8 Å². The van der Waals surface area contributed by atoms with Crippen molar-refractivity contribution in [1.82, 2.24) is 4.98 Å². The first kappa shape index (κ1) is 4.24. The highest BCUT2D eigenvalue weighted by molar-refractivity contribution is 4.90. The Bertz CT molecular complexity index is 138. The molecule has 0 aliphatic rings. The van der Waals surface area contributed by atoms with E-state index in [1.807, 2.05) is 0 Å². The third-order valence-corrected chi connectivity index (χ3v) is 0.584. The first-order valence-corrected chi connectivity index (χ1v) is 1.87. The van der Waals surface area contributed by atoms with Gasteiger partial charge in [-0.15, -0.1) is 0 Å². The van der Waals surface area contributed by atoms with Gasteiger partial charge in [-0.1, -0.05) is 0 Å². The highest BCUT2D eigenvalue weighted by Gasteiger charge is 1.79. The molecule has 7 heavy (non-hydrogen) atoms. The van der Waals surface area contributed by atoms with Crippen molar-refractivity contribution in [2.75, 3.05) is 0 Å². The Morgan fingerprint density at radius 3 is 2.86 bits per heavy atom. The molecule has 0 aliphatic heterocycles. The number of aromatic nitrogens is 1. The molecule has 1 aromatic heterocycles. The first-order chi connectivity index (χ1) is 3.39. The molecular weight excluding hydrogens is 93.1 g/mol. The maximum atomic E-state index is 11.8. The van der Waals surface area contributed by atoms with E-state index in [2.05, 4.69) is 11.1 Å². The average Bonchev–Trinajstić information content (AvgIpc) is 1.69. The van der Waals surface area contributed by atoms with Gasteiger partial charge in [-0.3, -0.25) is 4.98 Å². The summed E-state index contributed by atoms with van der Waals surface area (Å²) in [5.74, 6) is -0.366. The SMILES string of the molecule is Fc1[c]cncc1. The second-order valence-corrected chi connectivity index (χ2v) is 1.09. The summed E-state index contributed by atoms with van der Waals surface area (Å²) in [5, 5.41) is 0. The van der Waals surface area contributed by atoms with Crippen LogP contribution in [0.3, 0.4) is 0 Å². The summed E-state index contributed by atoms with van der Waals surface area (Å²) < 4.78 is 11.8. The fraction of sp³-hybridized carbons (Fsp3) is 0. The maximum Gasteiger partial charge on any atom is 0.134 e. The lowest BCUT2D eigenvalue weighted by molar-refractivity contribution is 0.623. The summed E-state index contributed by atoms with van der Waals surface area (Å²) in [6, 6.07) is 3.50. The van der Waals surface area contributed by atoms with Crippen molar-refractivity contribution < 1.29 is 4.39 Å². The Kier molecular flexibility index (Phi) is 1.02. The molecule has 35 valence electrons. The van der Waals surface area contributed by atoms with Crippen LogP contribution in [0.4, 0.5) is 4.39 Å². The lowest BCUT2D eigenvalue weighted by Crippen LogP contribution is -1.70. The minimum absolute atomic E-state index is 0.366. The van der Waals surface area contributed by atoms with E-state index in [1.165, 1.54) is 18.5 Å². The molecule has 0 N–H and O–H groups in total. The lowest BCUT2D eigenvalue weighted by atomic mass is 10.5. The fourth-order valence-electron chi connectivity index (χ4n) is 0.299. The highest BCUT2D eigenvalue weighted by atomic mass is 19.1. The molecule has 0 aromatic carbocycles. The van der Waals surface area contributed by atoms with E-state index in [0.29, 0.717) is 0 Å². The summed E-state index contributed by atoms with van der Waals surface area (Å²) in [7, 11) is 0. The summed E-state index contributed by atoms with van der Waals surface area (Å²) >= 11 is 0. The van der Waals surface area contributed by atoms with Crippen molar-refractivity contribution in [3.05, 3.63) is 30.3 Å². The molecule has 1 radical (unpaired) electrons. The van der Waals surface area contributed by atoms with Gasteiger partial charge in [0, 0.05) is 18.5 Å². The van der Waals surface area contributed by atoms with Gasteiger partial charge in [0.25, 0.3) is 0 Å². The zero-order chi connectivity index (χ0) is 5.11. The summed E-state index contributed by atoms with van der Waals surface area (Å²) in [6.45, 7) is 0. The second-order valence-electron chi connectivity index (χ2n) is 1.09. The monoisotopic (exact) mass is 96.0 g/mol. The van der Waals surface area contributed by atoms with Gasteiger partial charge in [0.2, 0.25) is 0 Å². The number of rotatable bonds is 0. The maximum absolute atomic E-state index is 11.8. The van der Waals surface area contributed by atoms with Crippen LogP contribution in [0.2, 0.25) is 0 Å². The van der Waals surface area contributed by atoms with E-state index in [4.69, 9.17) is 0 Å². The topological polar surface area (TPSA) is 12.9 Å². The molecule has 0 atom stereocenters. The van der Waals surface area contributed by atoms with Crippen molar-refractivity contribution >= 4 is 0 Å². The zero-order valence-corrected chi connectivity index (χ0v) is 3.56. The van der Waals surface area contributed by atoms with E-state index < -0.39 is 0 Å². The molecule has 0 unspecified atom stereocenters. The van der Waals surface area contributed by atoms with Crippen molar-refractivity contribution in [1.29, 1.82) is 0 Å². The molecular formula is C5H3FN. The van der Waals surface area contributed by atoms with Crippen LogP contribution in [0.25, 0.3) is 0 Å². The number of halogens is 1. The predicted octanol–water partition coefficient (Wildman–Crippen LogP) is 1.02. The smallest absolute Gasteiger partial charge is 0.134 e. The molecule has 1 aromatic rings. The van der Waals surface area contributed by atoms with E-state index >= 15 is 0 Å². The largest absolute Gasteiger partial charge is 0.264 e. The quantitative estimate of drug-likeness (QED) is 0.470. The molecule has 0 bridgehead atoms. The van der Waals surface area contributed by atoms with Gasteiger partial charge in [0.15, 0.2) is 0 Å². The van der Waals surface area contributed by atoms with E-state index in [1.54, 1.807) is 0 Å². The minimum Gasteiger partial charge on any atom is -0.264 e. The number of hydrogen-bond acceptors (Lipinski definition) is 1. The fourth-order valence-corrected chi connectivity index (χ4v) is 0.299. The van der Waals surface area contributed by atoms with E-state index in [-0.39, 0.29) is 5.82 Å². The summed E-state index contributed by atoms with van der Waals surface area (Å²) in [5.41, 5.74) is 0. The Morgan fingerprint density at radius 1 is 1.71 bits per heavy atom. The Hall–Kier alpha value is -0.920. The van der Waals surface area contributed by atoms with Crippen molar-refractivity contribution in [2.45, 2.75) is 0 Å².